The van der Waals surface area contributed by atoms with Crippen LogP contribution in [0.2, 0.25) is 0 Å². The number of hydrogen-bond acceptors (Lipinski definition) is 5. The fraction of sp³-hybridized carbons (Fsp3) is 0.273. The van der Waals surface area contributed by atoms with Crippen LogP contribution in [0.4, 0.5) is 16.2 Å². The number of hydrogen-bond donors (Lipinski definition) is 1. The van der Waals surface area contributed by atoms with Gasteiger partial charge >= 0.3 is 6.03 Å². The molecular formula is C22H22N4O4. The lowest BCUT2D eigenvalue weighted by atomic mass is 10.1. The van der Waals surface area contributed by atoms with Gasteiger partial charge in [0.05, 0.1) is 11.5 Å². The van der Waals surface area contributed by atoms with Crippen LogP contribution in [0.5, 0.6) is 0 Å². The average Bonchev–Trinajstić information content (AvgIpc) is 3.02. The molecule has 0 aromatic heterocycles. The van der Waals surface area contributed by atoms with Crippen molar-refractivity contribution in [2.24, 2.45) is 0 Å². The highest BCUT2D eigenvalue weighted by Crippen LogP contribution is 2.22. The second-order valence-electron chi connectivity index (χ2n) is 7.44. The van der Waals surface area contributed by atoms with Gasteiger partial charge in [0.15, 0.2) is 0 Å². The van der Waals surface area contributed by atoms with Crippen molar-refractivity contribution in [2.75, 3.05) is 18.0 Å². The summed E-state index contributed by atoms with van der Waals surface area (Å²) < 4.78 is 0. The minimum absolute atomic E-state index is 0.0375. The summed E-state index contributed by atoms with van der Waals surface area (Å²) in [5.41, 5.74) is 2.81. The SMILES string of the molecule is O=C1N/C(=C\c2ccc(N3CCCCC3)cc2)C(=O)N1Cc1ccc([N+](=O)[O-])cc1. The molecule has 2 aromatic carbocycles. The predicted octanol–water partition coefficient (Wildman–Crippen LogP) is 3.68. The summed E-state index contributed by atoms with van der Waals surface area (Å²) in [4.78, 5) is 38.6. The van der Waals surface area contributed by atoms with Crippen molar-refractivity contribution >= 4 is 29.4 Å². The Balaban J connectivity index is 1.45. The standard InChI is InChI=1S/C22H22N4O4/c27-21-20(14-16-4-8-18(9-5-16)24-12-2-1-3-13-24)23-22(28)25(21)15-17-6-10-19(11-7-17)26(29)30/h4-11,14H,1-3,12-13,15H2,(H,23,28)/b20-14-. The highest BCUT2D eigenvalue weighted by molar-refractivity contribution is 6.13. The maximum atomic E-state index is 12.7. The van der Waals surface area contributed by atoms with E-state index in [1.807, 2.05) is 24.3 Å². The third-order valence-corrected chi connectivity index (χ3v) is 5.38. The van der Waals surface area contributed by atoms with Gasteiger partial charge in [0.2, 0.25) is 0 Å². The van der Waals surface area contributed by atoms with Crippen LogP contribution in [0.1, 0.15) is 30.4 Å². The van der Waals surface area contributed by atoms with Gasteiger partial charge < -0.3 is 10.2 Å². The number of nitro groups is 1. The molecule has 2 aromatic rings. The molecule has 1 N–H and O–H groups in total. The number of nitro benzene ring substituents is 1. The Hall–Kier alpha value is -3.68. The lowest BCUT2D eigenvalue weighted by molar-refractivity contribution is -0.384. The Bertz CT molecular complexity index is 993. The van der Waals surface area contributed by atoms with E-state index in [0.29, 0.717) is 5.56 Å². The summed E-state index contributed by atoms with van der Waals surface area (Å²) in [5.74, 6) is -0.418. The van der Waals surface area contributed by atoms with Crippen LogP contribution in [0.25, 0.3) is 6.08 Å². The molecule has 8 nitrogen and oxygen atoms in total. The zero-order valence-electron chi connectivity index (χ0n) is 16.4. The number of carbonyl (C=O) groups excluding carboxylic acids is 2. The summed E-state index contributed by atoms with van der Waals surface area (Å²) in [7, 11) is 0. The van der Waals surface area contributed by atoms with Gasteiger partial charge in [0.1, 0.15) is 5.70 Å². The zero-order chi connectivity index (χ0) is 21.1. The first-order chi connectivity index (χ1) is 14.5. The molecule has 8 heteroatoms. The quantitative estimate of drug-likeness (QED) is 0.354. The number of imide groups is 1. The van der Waals surface area contributed by atoms with Gasteiger partial charge in [0, 0.05) is 30.9 Å². The smallest absolute Gasteiger partial charge is 0.329 e. The van der Waals surface area contributed by atoms with Crippen molar-refractivity contribution in [3.05, 3.63) is 75.5 Å². The van der Waals surface area contributed by atoms with E-state index in [1.165, 1.54) is 37.1 Å². The number of benzene rings is 2. The number of amides is 3. The highest BCUT2D eigenvalue weighted by atomic mass is 16.6. The minimum Gasteiger partial charge on any atom is -0.372 e. The van der Waals surface area contributed by atoms with E-state index < -0.39 is 16.9 Å². The second-order valence-corrected chi connectivity index (χ2v) is 7.44. The van der Waals surface area contributed by atoms with Crippen molar-refractivity contribution in [1.82, 2.24) is 10.2 Å². The number of piperidine rings is 1. The molecule has 2 saturated heterocycles. The first-order valence-corrected chi connectivity index (χ1v) is 9.94. The number of nitrogens with zero attached hydrogens (tertiary/aromatic N) is 3. The Kier molecular flexibility index (Phi) is 5.47. The summed E-state index contributed by atoms with van der Waals surface area (Å²) in [5, 5.41) is 13.4. The predicted molar refractivity (Wildman–Crippen MR) is 113 cm³/mol. The normalized spacial score (nSPS) is 18.1. The molecule has 0 bridgehead atoms. The van der Waals surface area contributed by atoms with E-state index in [2.05, 4.69) is 10.2 Å². The molecule has 3 amide bonds. The number of carbonyl (C=O) groups is 2. The highest BCUT2D eigenvalue weighted by Gasteiger charge is 2.33. The molecule has 0 radical (unpaired) electrons. The van der Waals surface area contributed by atoms with Gasteiger partial charge in [-0.3, -0.25) is 19.8 Å². The molecular weight excluding hydrogens is 384 g/mol. The van der Waals surface area contributed by atoms with Gasteiger partial charge in [-0.25, -0.2) is 4.79 Å². The molecule has 2 aliphatic heterocycles. The Morgan fingerprint density at radius 1 is 0.967 bits per heavy atom. The van der Waals surface area contributed by atoms with E-state index in [9.17, 15) is 19.7 Å². The molecule has 2 aliphatic rings. The van der Waals surface area contributed by atoms with Gasteiger partial charge in [-0.05, 0) is 48.6 Å². The van der Waals surface area contributed by atoms with Crippen molar-refractivity contribution in [3.63, 3.8) is 0 Å². The molecule has 0 atom stereocenters. The fourth-order valence-corrected chi connectivity index (χ4v) is 3.72. The number of nitrogens with one attached hydrogen (secondary N) is 1. The molecule has 2 fully saturated rings. The van der Waals surface area contributed by atoms with E-state index in [4.69, 9.17) is 0 Å². The first-order valence-electron chi connectivity index (χ1n) is 9.94. The molecule has 0 aliphatic carbocycles. The molecule has 0 spiro atoms. The molecule has 154 valence electrons. The molecule has 0 saturated carbocycles. The maximum absolute atomic E-state index is 12.7. The Morgan fingerprint density at radius 3 is 2.27 bits per heavy atom. The third-order valence-electron chi connectivity index (χ3n) is 5.38. The van der Waals surface area contributed by atoms with Crippen molar-refractivity contribution < 1.29 is 14.5 Å². The Morgan fingerprint density at radius 2 is 1.63 bits per heavy atom. The van der Waals surface area contributed by atoms with Gasteiger partial charge in [-0.2, -0.15) is 0 Å². The average molecular weight is 406 g/mol. The first kappa shape index (κ1) is 19.6. The van der Waals surface area contributed by atoms with Crippen molar-refractivity contribution in [2.45, 2.75) is 25.8 Å². The molecule has 2 heterocycles. The third kappa shape index (κ3) is 4.17. The van der Waals surface area contributed by atoms with Crippen LogP contribution in [-0.2, 0) is 11.3 Å². The van der Waals surface area contributed by atoms with E-state index in [1.54, 1.807) is 18.2 Å². The summed E-state index contributed by atoms with van der Waals surface area (Å²) in [6, 6.07) is 13.2. The zero-order valence-corrected chi connectivity index (χ0v) is 16.4. The number of anilines is 1. The van der Waals surface area contributed by atoms with Gasteiger partial charge in [-0.1, -0.05) is 24.3 Å². The number of urea groups is 1. The van der Waals surface area contributed by atoms with Crippen LogP contribution in [0.3, 0.4) is 0 Å². The van der Waals surface area contributed by atoms with Crippen LogP contribution >= 0.6 is 0 Å². The summed E-state index contributed by atoms with van der Waals surface area (Å²) >= 11 is 0. The number of rotatable bonds is 5. The number of non-ortho nitro benzene ring substituents is 1. The van der Waals surface area contributed by atoms with Crippen LogP contribution in [0.15, 0.2) is 54.2 Å². The molecule has 4 rings (SSSR count). The summed E-state index contributed by atoms with van der Waals surface area (Å²) in [6.07, 6.45) is 5.35. The second kappa shape index (κ2) is 8.36. The van der Waals surface area contributed by atoms with Gasteiger partial charge in [-0.15, -0.1) is 0 Å². The van der Waals surface area contributed by atoms with E-state index in [-0.39, 0.29) is 17.9 Å². The lowest BCUT2D eigenvalue weighted by Gasteiger charge is -2.28. The fourth-order valence-electron chi connectivity index (χ4n) is 3.72. The van der Waals surface area contributed by atoms with E-state index >= 15 is 0 Å². The van der Waals surface area contributed by atoms with Crippen LogP contribution < -0.4 is 10.2 Å². The maximum Gasteiger partial charge on any atom is 0.329 e. The molecule has 0 unspecified atom stereocenters. The molecule has 30 heavy (non-hydrogen) atoms. The van der Waals surface area contributed by atoms with Crippen molar-refractivity contribution in [1.29, 1.82) is 0 Å². The lowest BCUT2D eigenvalue weighted by Crippen LogP contribution is -2.30. The van der Waals surface area contributed by atoms with Gasteiger partial charge in [0.25, 0.3) is 11.6 Å². The summed E-state index contributed by atoms with van der Waals surface area (Å²) in [6.45, 7) is 2.17. The van der Waals surface area contributed by atoms with Crippen molar-refractivity contribution in [3.8, 4) is 0 Å². The topological polar surface area (TPSA) is 95.8 Å². The monoisotopic (exact) mass is 406 g/mol. The van der Waals surface area contributed by atoms with E-state index in [0.717, 1.165) is 23.6 Å². The minimum atomic E-state index is -0.505. The Labute approximate surface area is 173 Å². The van der Waals surface area contributed by atoms with Crippen LogP contribution in [-0.4, -0.2) is 34.9 Å². The largest absolute Gasteiger partial charge is 0.372 e. The van der Waals surface area contributed by atoms with Crippen LogP contribution in [0, 0.1) is 10.1 Å².